The van der Waals surface area contributed by atoms with Gasteiger partial charge in [0.2, 0.25) is 0 Å². The van der Waals surface area contributed by atoms with E-state index in [0.29, 0.717) is 6.42 Å². The predicted octanol–water partition coefficient (Wildman–Crippen LogP) is 1.30. The van der Waals surface area contributed by atoms with Crippen molar-refractivity contribution < 1.29 is 14.5 Å². The number of ether oxygens (including phenoxy) is 1. The summed E-state index contributed by atoms with van der Waals surface area (Å²) in [6, 6.07) is 4.47. The van der Waals surface area contributed by atoms with Crippen molar-refractivity contribution in [3.05, 3.63) is 39.4 Å². The standard InChI is InChI=1S/C10H8N2O4/c13-10-11-9-7-4-6(12(14)15)2-1-5(7)3-8(9)16-10/h1-2,4,8-9H,3H2,(H,11,13)/t8-,9?/m0/s1. The van der Waals surface area contributed by atoms with Crippen molar-refractivity contribution in [3.8, 4) is 0 Å². The molecule has 3 rings (SSSR count). The molecule has 1 aliphatic heterocycles. The number of nitro benzene ring substituents is 1. The molecule has 1 heterocycles. The highest BCUT2D eigenvalue weighted by Gasteiger charge is 2.42. The summed E-state index contributed by atoms with van der Waals surface area (Å²) in [7, 11) is 0. The van der Waals surface area contributed by atoms with Crippen LogP contribution in [0.25, 0.3) is 0 Å². The number of fused-ring (bicyclic) bond motifs is 3. The van der Waals surface area contributed by atoms with Gasteiger partial charge in [0.1, 0.15) is 6.10 Å². The first-order valence-electron chi connectivity index (χ1n) is 4.89. The molecule has 0 bridgehead atoms. The van der Waals surface area contributed by atoms with Gasteiger partial charge in [-0.15, -0.1) is 0 Å². The lowest BCUT2D eigenvalue weighted by molar-refractivity contribution is -0.384. The van der Waals surface area contributed by atoms with Crippen molar-refractivity contribution in [1.82, 2.24) is 5.32 Å². The Morgan fingerprint density at radius 1 is 1.50 bits per heavy atom. The van der Waals surface area contributed by atoms with Crippen LogP contribution in [-0.2, 0) is 11.2 Å². The summed E-state index contributed by atoms with van der Waals surface area (Å²) in [6.07, 6.45) is -0.0480. The second-order valence-electron chi connectivity index (χ2n) is 3.91. The third-order valence-corrected chi connectivity index (χ3v) is 3.00. The lowest BCUT2D eigenvalue weighted by Gasteiger charge is -2.06. The van der Waals surface area contributed by atoms with Gasteiger partial charge in [-0.25, -0.2) is 4.79 Å². The van der Waals surface area contributed by atoms with E-state index in [0.717, 1.165) is 11.1 Å². The van der Waals surface area contributed by atoms with E-state index in [1.165, 1.54) is 12.1 Å². The van der Waals surface area contributed by atoms with Gasteiger partial charge in [-0.3, -0.25) is 10.1 Å². The van der Waals surface area contributed by atoms with E-state index in [1.54, 1.807) is 6.07 Å². The maximum absolute atomic E-state index is 11.0. The molecule has 1 aromatic carbocycles. The molecule has 0 aromatic heterocycles. The van der Waals surface area contributed by atoms with Crippen LogP contribution >= 0.6 is 0 Å². The summed E-state index contributed by atoms with van der Waals surface area (Å²) in [6.45, 7) is 0. The van der Waals surface area contributed by atoms with Crippen molar-refractivity contribution in [2.75, 3.05) is 0 Å². The summed E-state index contributed by atoms with van der Waals surface area (Å²) in [5, 5.41) is 13.3. The molecule has 1 saturated heterocycles. The Morgan fingerprint density at radius 2 is 2.31 bits per heavy atom. The van der Waals surface area contributed by atoms with Crippen LogP contribution in [0.2, 0.25) is 0 Å². The number of amides is 1. The number of rotatable bonds is 1. The lowest BCUT2D eigenvalue weighted by atomic mass is 10.1. The molecule has 82 valence electrons. The highest BCUT2D eigenvalue weighted by Crippen LogP contribution is 2.38. The number of hydrogen-bond acceptors (Lipinski definition) is 4. The molecule has 1 aliphatic carbocycles. The fraction of sp³-hybridized carbons (Fsp3) is 0.300. The van der Waals surface area contributed by atoms with Gasteiger partial charge >= 0.3 is 6.09 Å². The van der Waals surface area contributed by atoms with Crippen molar-refractivity contribution in [2.24, 2.45) is 0 Å². The third-order valence-electron chi connectivity index (χ3n) is 3.00. The number of nitrogens with zero attached hydrogens (tertiary/aromatic N) is 1. The van der Waals surface area contributed by atoms with E-state index in [9.17, 15) is 14.9 Å². The molecule has 16 heavy (non-hydrogen) atoms. The van der Waals surface area contributed by atoms with Crippen LogP contribution in [0.5, 0.6) is 0 Å². The molecular weight excluding hydrogens is 212 g/mol. The zero-order valence-electron chi connectivity index (χ0n) is 8.17. The molecule has 2 atom stereocenters. The van der Waals surface area contributed by atoms with Crippen LogP contribution in [0, 0.1) is 10.1 Å². The number of benzene rings is 1. The first kappa shape index (κ1) is 9.14. The van der Waals surface area contributed by atoms with Gasteiger partial charge in [0.25, 0.3) is 5.69 Å². The zero-order valence-corrected chi connectivity index (χ0v) is 8.17. The molecule has 6 heteroatoms. The number of hydrogen-bond donors (Lipinski definition) is 1. The van der Waals surface area contributed by atoms with E-state index in [-0.39, 0.29) is 17.8 Å². The Kier molecular flexibility index (Phi) is 1.68. The number of nitrogens with one attached hydrogen (secondary N) is 1. The monoisotopic (exact) mass is 220 g/mol. The number of alkyl carbamates (subject to hydrolysis) is 1. The van der Waals surface area contributed by atoms with Crippen molar-refractivity contribution in [1.29, 1.82) is 0 Å². The van der Waals surface area contributed by atoms with Crippen LogP contribution < -0.4 is 5.32 Å². The smallest absolute Gasteiger partial charge is 0.408 e. The Bertz CT molecular complexity index is 500. The number of nitro groups is 1. The number of carbonyl (C=O) groups excluding carboxylic acids is 1. The van der Waals surface area contributed by atoms with E-state index in [2.05, 4.69) is 5.32 Å². The molecular formula is C10H8N2O4. The summed E-state index contributed by atoms with van der Waals surface area (Å²) < 4.78 is 5.05. The highest BCUT2D eigenvalue weighted by molar-refractivity contribution is 5.72. The first-order chi connectivity index (χ1) is 7.65. The number of non-ortho nitro benzene ring substituents is 1. The maximum Gasteiger partial charge on any atom is 0.408 e. The largest absolute Gasteiger partial charge is 0.443 e. The maximum atomic E-state index is 11.0. The predicted molar refractivity (Wildman–Crippen MR) is 52.9 cm³/mol. The minimum atomic E-state index is -0.452. The molecule has 1 unspecified atom stereocenters. The second-order valence-corrected chi connectivity index (χ2v) is 3.91. The van der Waals surface area contributed by atoms with E-state index < -0.39 is 11.0 Å². The van der Waals surface area contributed by atoms with Crippen LogP contribution in [0.1, 0.15) is 17.2 Å². The Morgan fingerprint density at radius 3 is 3.06 bits per heavy atom. The second kappa shape index (κ2) is 2.94. The van der Waals surface area contributed by atoms with Gasteiger partial charge in [-0.2, -0.15) is 0 Å². The zero-order chi connectivity index (χ0) is 11.3. The fourth-order valence-corrected chi connectivity index (χ4v) is 2.29. The van der Waals surface area contributed by atoms with Crippen LogP contribution in [0.15, 0.2) is 18.2 Å². The molecule has 0 saturated carbocycles. The van der Waals surface area contributed by atoms with Gasteiger partial charge in [0.05, 0.1) is 11.0 Å². The van der Waals surface area contributed by atoms with E-state index >= 15 is 0 Å². The Balaban J connectivity index is 2.04. The highest BCUT2D eigenvalue weighted by atomic mass is 16.6. The van der Waals surface area contributed by atoms with Gasteiger partial charge in [-0.1, -0.05) is 6.07 Å². The Hall–Kier alpha value is -2.11. The van der Waals surface area contributed by atoms with E-state index in [1.807, 2.05) is 0 Å². The average Bonchev–Trinajstić information content (AvgIpc) is 2.72. The molecule has 2 aliphatic rings. The molecule has 0 radical (unpaired) electrons. The summed E-state index contributed by atoms with van der Waals surface area (Å²) in [5.41, 5.74) is 1.84. The SMILES string of the molecule is O=C1NC2c3cc([N+](=O)[O-])ccc3C[C@@H]2O1. The van der Waals surface area contributed by atoms with Gasteiger partial charge in [0, 0.05) is 18.6 Å². The Labute approximate surface area is 90.4 Å². The third kappa shape index (κ3) is 1.16. The fourth-order valence-electron chi connectivity index (χ4n) is 2.29. The van der Waals surface area contributed by atoms with Gasteiger partial charge < -0.3 is 10.1 Å². The molecule has 1 amide bonds. The minimum Gasteiger partial charge on any atom is -0.443 e. The quantitative estimate of drug-likeness (QED) is 0.571. The van der Waals surface area contributed by atoms with Crippen molar-refractivity contribution >= 4 is 11.8 Å². The summed E-state index contributed by atoms with van der Waals surface area (Å²) >= 11 is 0. The first-order valence-corrected chi connectivity index (χ1v) is 4.89. The van der Waals surface area contributed by atoms with Crippen molar-refractivity contribution in [3.63, 3.8) is 0 Å². The summed E-state index contributed by atoms with van der Waals surface area (Å²) in [5.74, 6) is 0. The molecule has 0 spiro atoms. The minimum absolute atomic E-state index is 0.0422. The molecule has 6 nitrogen and oxygen atoms in total. The normalized spacial score (nSPS) is 25.6. The number of carbonyl (C=O) groups is 1. The molecule has 1 fully saturated rings. The van der Waals surface area contributed by atoms with Crippen LogP contribution in [0.4, 0.5) is 10.5 Å². The van der Waals surface area contributed by atoms with E-state index in [4.69, 9.17) is 4.74 Å². The van der Waals surface area contributed by atoms with Crippen LogP contribution in [-0.4, -0.2) is 17.1 Å². The van der Waals surface area contributed by atoms with Gasteiger partial charge in [0.15, 0.2) is 0 Å². The topological polar surface area (TPSA) is 81.5 Å². The van der Waals surface area contributed by atoms with Gasteiger partial charge in [-0.05, 0) is 11.1 Å². The lowest BCUT2D eigenvalue weighted by Crippen LogP contribution is -2.18. The molecule has 1 N–H and O–H groups in total. The molecule has 1 aromatic rings. The van der Waals surface area contributed by atoms with Crippen LogP contribution in [0.3, 0.4) is 0 Å². The summed E-state index contributed by atoms with van der Waals surface area (Å²) in [4.78, 5) is 21.2. The van der Waals surface area contributed by atoms with Crippen molar-refractivity contribution in [2.45, 2.75) is 18.6 Å². The average molecular weight is 220 g/mol.